The van der Waals surface area contributed by atoms with E-state index >= 15 is 0 Å². The third-order valence-corrected chi connectivity index (χ3v) is 6.78. The fourth-order valence-electron chi connectivity index (χ4n) is 4.54. The molecule has 1 aliphatic heterocycles. The summed E-state index contributed by atoms with van der Waals surface area (Å²) in [6.45, 7) is 8.00. The molecular formula is C26H34N4O3. The first kappa shape index (κ1) is 23.4. The second-order valence-corrected chi connectivity index (χ2v) is 9.82. The van der Waals surface area contributed by atoms with Gasteiger partial charge >= 0.3 is 0 Å². The zero-order valence-electron chi connectivity index (χ0n) is 19.8. The number of piperidine rings is 1. The minimum Gasteiger partial charge on any atom is -0.396 e. The molecule has 0 amide bonds. The average molecular weight is 451 g/mol. The molecule has 1 aromatic carbocycles. The van der Waals surface area contributed by atoms with E-state index in [1.54, 1.807) is 0 Å². The van der Waals surface area contributed by atoms with Crippen molar-refractivity contribution in [2.45, 2.75) is 51.9 Å². The Hall–Kier alpha value is -2.77. The average Bonchev–Trinajstić information content (AvgIpc) is 3.19. The van der Waals surface area contributed by atoms with Crippen molar-refractivity contribution in [3.8, 4) is 0 Å². The number of anilines is 1. The van der Waals surface area contributed by atoms with Gasteiger partial charge in [0.25, 0.3) is 0 Å². The number of ketones is 1. The van der Waals surface area contributed by atoms with Crippen LogP contribution in [0.1, 0.15) is 60.4 Å². The first-order chi connectivity index (χ1) is 15.8. The van der Waals surface area contributed by atoms with Crippen LogP contribution in [0.15, 0.2) is 36.4 Å². The van der Waals surface area contributed by atoms with Crippen molar-refractivity contribution >= 4 is 17.2 Å². The van der Waals surface area contributed by atoms with Crippen LogP contribution in [-0.4, -0.2) is 56.9 Å². The third-order valence-electron chi connectivity index (χ3n) is 6.78. The lowest BCUT2D eigenvalue weighted by Gasteiger charge is -2.33. The summed E-state index contributed by atoms with van der Waals surface area (Å²) in [7, 11) is 0. The van der Waals surface area contributed by atoms with Gasteiger partial charge in [0.05, 0.1) is 24.4 Å². The van der Waals surface area contributed by atoms with Crippen LogP contribution in [0.25, 0.3) is 5.65 Å². The van der Waals surface area contributed by atoms with E-state index in [0.29, 0.717) is 11.5 Å². The molecule has 3 heterocycles. The maximum atomic E-state index is 13.0. The molecule has 7 heteroatoms. The molecule has 1 fully saturated rings. The predicted octanol–water partition coefficient (Wildman–Crippen LogP) is 3.33. The molecule has 0 bridgehead atoms. The fraction of sp³-hybridized carbons (Fsp3) is 0.500. The number of fused-ring (bicyclic) bond motifs is 1. The number of carbonyl (C=O) groups excluding carboxylic acids is 1. The molecule has 0 aliphatic carbocycles. The van der Waals surface area contributed by atoms with Gasteiger partial charge in [-0.25, -0.2) is 4.98 Å². The maximum absolute atomic E-state index is 13.0. The summed E-state index contributed by atoms with van der Waals surface area (Å²) in [5.41, 5.74) is 3.69. The molecular weight excluding hydrogens is 416 g/mol. The molecule has 0 unspecified atom stereocenters. The molecule has 0 saturated carbocycles. The Labute approximate surface area is 195 Å². The predicted molar refractivity (Wildman–Crippen MR) is 129 cm³/mol. The Morgan fingerprint density at radius 3 is 2.45 bits per heavy atom. The second kappa shape index (κ2) is 9.61. The van der Waals surface area contributed by atoms with E-state index < -0.39 is 0 Å². The van der Waals surface area contributed by atoms with Gasteiger partial charge in [-0.05, 0) is 37.7 Å². The zero-order valence-corrected chi connectivity index (χ0v) is 19.8. The third kappa shape index (κ3) is 5.09. The number of aryl methyl sites for hydroxylation is 1. The van der Waals surface area contributed by atoms with E-state index in [2.05, 4.69) is 10.00 Å². The number of aliphatic hydroxyl groups excluding tert-OH is 2. The van der Waals surface area contributed by atoms with Crippen molar-refractivity contribution in [3.05, 3.63) is 58.9 Å². The van der Waals surface area contributed by atoms with Crippen LogP contribution < -0.4 is 4.90 Å². The van der Waals surface area contributed by atoms with E-state index in [9.17, 15) is 15.0 Å². The molecule has 3 aromatic rings. The van der Waals surface area contributed by atoms with Crippen LogP contribution >= 0.6 is 0 Å². The van der Waals surface area contributed by atoms with Crippen LogP contribution in [0, 0.1) is 12.8 Å². The van der Waals surface area contributed by atoms with Gasteiger partial charge in [0.2, 0.25) is 0 Å². The highest BCUT2D eigenvalue weighted by atomic mass is 16.3. The molecule has 0 radical (unpaired) electrons. The smallest absolute Gasteiger partial charge is 0.168 e. The van der Waals surface area contributed by atoms with Crippen LogP contribution in [0.2, 0.25) is 0 Å². The summed E-state index contributed by atoms with van der Waals surface area (Å²) in [4.78, 5) is 20.1. The van der Waals surface area contributed by atoms with Crippen LogP contribution in [-0.2, 0) is 11.8 Å². The van der Waals surface area contributed by atoms with Gasteiger partial charge in [0.1, 0.15) is 5.82 Å². The largest absolute Gasteiger partial charge is 0.396 e. The zero-order chi connectivity index (χ0) is 23.6. The quantitative estimate of drug-likeness (QED) is 0.512. The van der Waals surface area contributed by atoms with Gasteiger partial charge in [0.15, 0.2) is 11.4 Å². The van der Waals surface area contributed by atoms with Gasteiger partial charge in [-0.3, -0.25) is 4.79 Å². The number of aromatic nitrogens is 3. The minimum atomic E-state index is -0.340. The van der Waals surface area contributed by atoms with Crippen LogP contribution in [0.5, 0.6) is 0 Å². The SMILES string of the molecule is Cc1cc2nc(CC(=O)c3ccc(C(C)(C)CO)cc3)cc(N3CCC(CCO)CC3)n2n1. The number of carbonyl (C=O) groups is 1. The van der Waals surface area contributed by atoms with Crippen molar-refractivity contribution < 1.29 is 15.0 Å². The maximum Gasteiger partial charge on any atom is 0.168 e. The van der Waals surface area contributed by atoms with Crippen molar-refractivity contribution in [1.29, 1.82) is 0 Å². The summed E-state index contributed by atoms with van der Waals surface area (Å²) in [6.07, 6.45) is 3.15. The number of benzene rings is 1. The van der Waals surface area contributed by atoms with Crippen LogP contribution in [0.4, 0.5) is 5.82 Å². The van der Waals surface area contributed by atoms with Gasteiger partial charge in [-0.1, -0.05) is 38.1 Å². The Morgan fingerprint density at radius 2 is 1.82 bits per heavy atom. The Balaban J connectivity index is 1.56. The number of aliphatic hydroxyl groups is 2. The Bertz CT molecular complexity index is 1110. The van der Waals surface area contributed by atoms with E-state index in [-0.39, 0.29) is 30.8 Å². The lowest BCUT2D eigenvalue weighted by molar-refractivity contribution is 0.0992. The molecule has 33 heavy (non-hydrogen) atoms. The molecule has 2 aromatic heterocycles. The normalized spacial score (nSPS) is 15.4. The number of nitrogens with zero attached hydrogens (tertiary/aromatic N) is 4. The lowest BCUT2D eigenvalue weighted by atomic mass is 9.85. The van der Waals surface area contributed by atoms with Crippen LogP contribution in [0.3, 0.4) is 0 Å². The fourth-order valence-corrected chi connectivity index (χ4v) is 4.54. The Morgan fingerprint density at radius 1 is 1.12 bits per heavy atom. The molecule has 1 saturated heterocycles. The van der Waals surface area contributed by atoms with Crippen molar-refractivity contribution in [2.24, 2.45) is 5.92 Å². The standard InChI is InChI=1S/C26H34N4O3/c1-18-14-24-27-22(15-23(33)20-4-6-21(7-5-20)26(2,3)17-32)16-25(30(24)28-18)29-11-8-19(9-12-29)10-13-31/h4-7,14,16,19,31-32H,8-13,15,17H2,1-3H3. The highest BCUT2D eigenvalue weighted by Gasteiger charge is 2.23. The molecule has 7 nitrogen and oxygen atoms in total. The Kier molecular flexibility index (Phi) is 6.81. The monoisotopic (exact) mass is 450 g/mol. The first-order valence-electron chi connectivity index (χ1n) is 11.8. The minimum absolute atomic E-state index is 0.0176. The van der Waals surface area contributed by atoms with E-state index in [1.807, 2.05) is 61.7 Å². The van der Waals surface area contributed by atoms with Crippen molar-refractivity contribution in [1.82, 2.24) is 14.6 Å². The van der Waals surface area contributed by atoms with E-state index in [1.165, 1.54) is 0 Å². The molecule has 1 aliphatic rings. The lowest BCUT2D eigenvalue weighted by Crippen LogP contribution is -2.35. The highest BCUT2D eigenvalue weighted by Crippen LogP contribution is 2.27. The summed E-state index contributed by atoms with van der Waals surface area (Å²) in [5, 5.41) is 23.5. The number of hydrogen-bond donors (Lipinski definition) is 2. The number of hydrogen-bond acceptors (Lipinski definition) is 6. The van der Waals surface area contributed by atoms with E-state index in [0.717, 1.165) is 60.8 Å². The number of rotatable bonds is 8. The topological polar surface area (TPSA) is 91.0 Å². The molecule has 0 atom stereocenters. The molecule has 4 rings (SSSR count). The summed E-state index contributed by atoms with van der Waals surface area (Å²) in [6, 6.07) is 11.5. The van der Waals surface area contributed by atoms with Gasteiger partial charge in [-0.15, -0.1) is 0 Å². The van der Waals surface area contributed by atoms with Gasteiger partial charge < -0.3 is 15.1 Å². The number of Topliss-reactive ketones (excluding diaryl/α,β-unsaturated/α-hetero) is 1. The van der Waals surface area contributed by atoms with Gasteiger partial charge in [0, 0.05) is 42.8 Å². The summed E-state index contributed by atoms with van der Waals surface area (Å²) >= 11 is 0. The van der Waals surface area contributed by atoms with E-state index in [4.69, 9.17) is 4.98 Å². The second-order valence-electron chi connectivity index (χ2n) is 9.82. The molecule has 2 N–H and O–H groups in total. The molecule has 176 valence electrons. The van der Waals surface area contributed by atoms with Crippen molar-refractivity contribution in [3.63, 3.8) is 0 Å². The first-order valence-corrected chi connectivity index (χ1v) is 11.8. The highest BCUT2D eigenvalue weighted by molar-refractivity contribution is 5.97. The summed E-state index contributed by atoms with van der Waals surface area (Å²) < 4.78 is 1.88. The molecule has 0 spiro atoms. The van der Waals surface area contributed by atoms with Crippen molar-refractivity contribution in [2.75, 3.05) is 31.2 Å². The van der Waals surface area contributed by atoms with Gasteiger partial charge in [-0.2, -0.15) is 9.61 Å². The summed E-state index contributed by atoms with van der Waals surface area (Å²) in [5.74, 6) is 1.55.